The van der Waals surface area contributed by atoms with Crippen LogP contribution in [0.3, 0.4) is 0 Å². The van der Waals surface area contributed by atoms with E-state index in [4.69, 9.17) is 4.74 Å². The third-order valence-corrected chi connectivity index (χ3v) is 2.27. The standard InChI is InChI=1S/C12H19F2N3O/c1-8(2)4-15-5-10-6-16-12(17-9(10)3)18-7-11(13)14/h6,8,11,15H,4-5,7H2,1-3H3. The second kappa shape index (κ2) is 7.20. The molecule has 4 nitrogen and oxygen atoms in total. The van der Waals surface area contributed by atoms with Gasteiger partial charge in [0.05, 0.1) is 0 Å². The summed E-state index contributed by atoms with van der Waals surface area (Å²) in [6.45, 7) is 6.95. The van der Waals surface area contributed by atoms with Crippen LogP contribution < -0.4 is 10.1 Å². The van der Waals surface area contributed by atoms with Gasteiger partial charge in [0.15, 0.2) is 6.61 Å². The van der Waals surface area contributed by atoms with E-state index in [0.717, 1.165) is 17.8 Å². The highest BCUT2D eigenvalue weighted by Gasteiger charge is 2.08. The minimum absolute atomic E-state index is 0.000379. The lowest BCUT2D eigenvalue weighted by molar-refractivity contribution is 0.0769. The molecule has 6 heteroatoms. The third kappa shape index (κ3) is 5.35. The van der Waals surface area contributed by atoms with E-state index < -0.39 is 13.0 Å². The minimum Gasteiger partial charge on any atom is -0.457 e. The number of hydrogen-bond acceptors (Lipinski definition) is 4. The van der Waals surface area contributed by atoms with Crippen LogP contribution in [0, 0.1) is 12.8 Å². The molecule has 1 N–H and O–H groups in total. The highest BCUT2D eigenvalue weighted by atomic mass is 19.3. The number of hydrogen-bond donors (Lipinski definition) is 1. The first kappa shape index (κ1) is 14.8. The molecular formula is C12H19F2N3O. The zero-order valence-corrected chi connectivity index (χ0v) is 10.9. The molecule has 0 aliphatic carbocycles. The average molecular weight is 259 g/mol. The van der Waals surface area contributed by atoms with Crippen molar-refractivity contribution < 1.29 is 13.5 Å². The summed E-state index contributed by atoms with van der Waals surface area (Å²) >= 11 is 0. The molecule has 1 aromatic heterocycles. The summed E-state index contributed by atoms with van der Waals surface area (Å²) in [7, 11) is 0. The summed E-state index contributed by atoms with van der Waals surface area (Å²) in [5.41, 5.74) is 1.69. The highest BCUT2D eigenvalue weighted by Crippen LogP contribution is 2.09. The molecule has 0 unspecified atom stereocenters. The summed E-state index contributed by atoms with van der Waals surface area (Å²) in [5, 5.41) is 3.27. The lowest BCUT2D eigenvalue weighted by Crippen LogP contribution is -2.20. The Kier molecular flexibility index (Phi) is 5.91. The van der Waals surface area contributed by atoms with Crippen molar-refractivity contribution in [3.63, 3.8) is 0 Å². The second-order valence-corrected chi connectivity index (χ2v) is 4.49. The number of aryl methyl sites for hydroxylation is 1. The molecule has 0 atom stereocenters. The van der Waals surface area contributed by atoms with Crippen molar-refractivity contribution in [2.75, 3.05) is 13.2 Å². The van der Waals surface area contributed by atoms with E-state index >= 15 is 0 Å². The molecule has 0 amide bonds. The monoisotopic (exact) mass is 259 g/mol. The number of halogens is 2. The Bertz CT molecular complexity index is 372. The van der Waals surface area contributed by atoms with Gasteiger partial charge in [-0.3, -0.25) is 0 Å². The molecule has 0 saturated carbocycles. The number of alkyl halides is 2. The van der Waals surface area contributed by atoms with E-state index in [1.165, 1.54) is 0 Å². The van der Waals surface area contributed by atoms with Crippen molar-refractivity contribution in [3.8, 4) is 6.01 Å². The third-order valence-electron chi connectivity index (χ3n) is 2.27. The predicted octanol–water partition coefficient (Wildman–Crippen LogP) is 2.17. The summed E-state index contributed by atoms with van der Waals surface area (Å²) in [6, 6.07) is 0.000379. The Labute approximate surface area is 106 Å². The minimum atomic E-state index is -2.51. The fourth-order valence-corrected chi connectivity index (χ4v) is 1.35. The van der Waals surface area contributed by atoms with Gasteiger partial charge in [-0.25, -0.2) is 18.7 Å². The maximum Gasteiger partial charge on any atom is 0.316 e. The molecule has 0 aliphatic heterocycles. The van der Waals surface area contributed by atoms with Crippen LogP contribution in [0.4, 0.5) is 8.78 Å². The molecule has 18 heavy (non-hydrogen) atoms. The highest BCUT2D eigenvalue weighted by molar-refractivity contribution is 5.17. The SMILES string of the molecule is Cc1nc(OCC(F)F)ncc1CNCC(C)C. The van der Waals surface area contributed by atoms with Gasteiger partial charge < -0.3 is 10.1 Å². The zero-order chi connectivity index (χ0) is 13.5. The van der Waals surface area contributed by atoms with E-state index in [1.807, 2.05) is 6.92 Å². The Morgan fingerprint density at radius 1 is 1.39 bits per heavy atom. The first-order valence-electron chi connectivity index (χ1n) is 5.93. The van der Waals surface area contributed by atoms with Crippen LogP contribution in [0.1, 0.15) is 25.1 Å². The molecule has 0 bridgehead atoms. The molecule has 0 radical (unpaired) electrons. The van der Waals surface area contributed by atoms with E-state index in [1.54, 1.807) is 6.20 Å². The van der Waals surface area contributed by atoms with E-state index in [2.05, 4.69) is 29.1 Å². The van der Waals surface area contributed by atoms with Gasteiger partial charge in [-0.2, -0.15) is 0 Å². The fourth-order valence-electron chi connectivity index (χ4n) is 1.35. The average Bonchev–Trinajstić information content (AvgIpc) is 2.28. The summed E-state index contributed by atoms with van der Waals surface area (Å²) in [5.74, 6) is 0.569. The van der Waals surface area contributed by atoms with Gasteiger partial charge >= 0.3 is 6.01 Å². The lowest BCUT2D eigenvalue weighted by atomic mass is 10.2. The first-order chi connectivity index (χ1) is 8.49. The molecule has 0 aromatic carbocycles. The van der Waals surface area contributed by atoms with Crippen LogP contribution in [0.5, 0.6) is 6.01 Å². The van der Waals surface area contributed by atoms with Gasteiger partial charge in [0.1, 0.15) is 0 Å². The topological polar surface area (TPSA) is 47.0 Å². The molecular weight excluding hydrogens is 240 g/mol. The largest absolute Gasteiger partial charge is 0.457 e. The van der Waals surface area contributed by atoms with Crippen LogP contribution >= 0.6 is 0 Å². The Morgan fingerprint density at radius 2 is 2.11 bits per heavy atom. The molecule has 1 heterocycles. The normalized spacial score (nSPS) is 11.3. The number of nitrogens with zero attached hydrogens (tertiary/aromatic N) is 2. The maximum absolute atomic E-state index is 12.0. The van der Waals surface area contributed by atoms with E-state index in [-0.39, 0.29) is 6.01 Å². The van der Waals surface area contributed by atoms with E-state index in [9.17, 15) is 8.78 Å². The van der Waals surface area contributed by atoms with Crippen LogP contribution in [0.15, 0.2) is 6.20 Å². The fraction of sp³-hybridized carbons (Fsp3) is 0.667. The summed E-state index contributed by atoms with van der Waals surface area (Å²) in [6.07, 6.45) is -0.905. The summed E-state index contributed by atoms with van der Waals surface area (Å²) in [4.78, 5) is 7.94. The first-order valence-corrected chi connectivity index (χ1v) is 5.93. The van der Waals surface area contributed by atoms with Gasteiger partial charge in [0, 0.05) is 24.0 Å². The van der Waals surface area contributed by atoms with Crippen LogP contribution in [0.2, 0.25) is 0 Å². The predicted molar refractivity (Wildman–Crippen MR) is 64.8 cm³/mol. The molecule has 102 valence electrons. The quantitative estimate of drug-likeness (QED) is 0.815. The van der Waals surface area contributed by atoms with E-state index in [0.29, 0.717) is 12.5 Å². The van der Waals surface area contributed by atoms with Gasteiger partial charge in [-0.05, 0) is 19.4 Å². The van der Waals surface area contributed by atoms with Crippen molar-refractivity contribution in [2.45, 2.75) is 33.7 Å². The number of aromatic nitrogens is 2. The molecule has 1 aromatic rings. The van der Waals surface area contributed by atoms with Crippen molar-refractivity contribution in [1.29, 1.82) is 0 Å². The Hall–Kier alpha value is -1.30. The van der Waals surface area contributed by atoms with Crippen molar-refractivity contribution in [3.05, 3.63) is 17.5 Å². The van der Waals surface area contributed by atoms with Crippen LogP contribution in [-0.2, 0) is 6.54 Å². The Morgan fingerprint density at radius 3 is 2.67 bits per heavy atom. The lowest BCUT2D eigenvalue weighted by Gasteiger charge is -2.10. The van der Waals surface area contributed by atoms with Gasteiger partial charge in [0.25, 0.3) is 6.43 Å². The molecule has 0 aliphatic rings. The summed E-state index contributed by atoms with van der Waals surface area (Å²) < 4.78 is 28.7. The van der Waals surface area contributed by atoms with Crippen LogP contribution in [0.25, 0.3) is 0 Å². The van der Waals surface area contributed by atoms with Crippen molar-refractivity contribution >= 4 is 0 Å². The zero-order valence-electron chi connectivity index (χ0n) is 10.9. The maximum atomic E-state index is 12.0. The van der Waals surface area contributed by atoms with Gasteiger partial charge in [-0.1, -0.05) is 13.8 Å². The van der Waals surface area contributed by atoms with Crippen LogP contribution in [-0.4, -0.2) is 29.5 Å². The van der Waals surface area contributed by atoms with Gasteiger partial charge in [-0.15, -0.1) is 0 Å². The molecule has 0 spiro atoms. The smallest absolute Gasteiger partial charge is 0.316 e. The molecule has 0 saturated heterocycles. The number of nitrogens with one attached hydrogen (secondary N) is 1. The van der Waals surface area contributed by atoms with Crippen molar-refractivity contribution in [2.24, 2.45) is 5.92 Å². The molecule has 0 fully saturated rings. The van der Waals surface area contributed by atoms with Crippen molar-refractivity contribution in [1.82, 2.24) is 15.3 Å². The van der Waals surface area contributed by atoms with Gasteiger partial charge in [0.2, 0.25) is 0 Å². The second-order valence-electron chi connectivity index (χ2n) is 4.49. The Balaban J connectivity index is 2.51. The number of rotatable bonds is 7. The number of ether oxygens (including phenoxy) is 1. The molecule has 1 rings (SSSR count).